The van der Waals surface area contributed by atoms with E-state index in [4.69, 9.17) is 14.2 Å². The molecule has 0 N–H and O–H groups in total. The highest BCUT2D eigenvalue weighted by Crippen LogP contribution is 2.35. The summed E-state index contributed by atoms with van der Waals surface area (Å²) >= 11 is 0. The number of hydrogen-bond acceptors (Lipinski definition) is 4. The lowest BCUT2D eigenvalue weighted by atomic mass is 10.1. The Kier molecular flexibility index (Phi) is 3.35. The lowest BCUT2D eigenvalue weighted by molar-refractivity contribution is 0.0145. The van der Waals surface area contributed by atoms with Gasteiger partial charge in [0.1, 0.15) is 17.7 Å². The van der Waals surface area contributed by atoms with Crippen LogP contribution in [0.25, 0.3) is 0 Å². The Morgan fingerprint density at radius 1 is 1.05 bits per heavy atom. The van der Waals surface area contributed by atoms with Gasteiger partial charge in [-0.2, -0.15) is 0 Å². The Labute approximate surface area is 128 Å². The van der Waals surface area contributed by atoms with Gasteiger partial charge >= 0.3 is 0 Å². The zero-order chi connectivity index (χ0) is 14.9. The highest BCUT2D eigenvalue weighted by molar-refractivity contribution is 5.47. The second kappa shape index (κ2) is 5.50. The molecule has 1 saturated heterocycles. The van der Waals surface area contributed by atoms with Crippen molar-refractivity contribution in [3.05, 3.63) is 53.8 Å². The molecule has 2 aliphatic heterocycles. The predicted octanol–water partition coefficient (Wildman–Crippen LogP) is 2.82. The van der Waals surface area contributed by atoms with E-state index in [1.807, 2.05) is 30.3 Å². The van der Waals surface area contributed by atoms with Crippen LogP contribution < -0.4 is 14.2 Å². The number of fused-ring (bicyclic) bond motifs is 1. The fraction of sp³-hybridized carbons (Fsp3) is 0.294. The summed E-state index contributed by atoms with van der Waals surface area (Å²) in [5, 5.41) is 0. The van der Waals surface area contributed by atoms with E-state index < -0.39 is 0 Å². The number of nitrogens with zero attached hydrogens (tertiary/aromatic N) is 1. The van der Waals surface area contributed by atoms with Crippen molar-refractivity contribution in [2.24, 2.45) is 0 Å². The fourth-order valence-electron chi connectivity index (χ4n) is 2.72. The molecule has 22 heavy (non-hydrogen) atoms. The molecule has 0 aliphatic carbocycles. The molecule has 2 aromatic carbocycles. The van der Waals surface area contributed by atoms with Crippen molar-refractivity contribution in [2.45, 2.75) is 12.6 Å². The molecule has 0 bridgehead atoms. The van der Waals surface area contributed by atoms with Crippen molar-refractivity contribution < 1.29 is 18.6 Å². The average Bonchev–Trinajstić information content (AvgIpc) is 2.94. The average molecular weight is 301 g/mol. The first-order valence-electron chi connectivity index (χ1n) is 7.29. The van der Waals surface area contributed by atoms with E-state index >= 15 is 0 Å². The third-order valence-electron chi connectivity index (χ3n) is 3.89. The van der Waals surface area contributed by atoms with E-state index in [1.165, 1.54) is 12.1 Å². The number of ether oxygens (including phenoxy) is 3. The van der Waals surface area contributed by atoms with Crippen molar-refractivity contribution in [3.8, 4) is 17.2 Å². The standard InChI is InChI=1S/C17H16FNO3/c18-13-3-1-12(2-4-13)8-19-9-15(10-19)22-14-5-6-16-17(7-14)21-11-20-16/h1-7,15H,8-11H2. The van der Waals surface area contributed by atoms with Crippen LogP contribution in [-0.4, -0.2) is 30.9 Å². The highest BCUT2D eigenvalue weighted by atomic mass is 19.1. The van der Waals surface area contributed by atoms with E-state index in [-0.39, 0.29) is 18.7 Å². The maximum absolute atomic E-state index is 12.9. The summed E-state index contributed by atoms with van der Waals surface area (Å²) in [6.07, 6.45) is 0.181. The molecule has 4 nitrogen and oxygen atoms in total. The molecule has 5 heteroatoms. The van der Waals surface area contributed by atoms with Crippen LogP contribution in [0, 0.1) is 5.82 Å². The van der Waals surface area contributed by atoms with E-state index in [0.717, 1.165) is 42.4 Å². The molecule has 4 rings (SSSR count). The summed E-state index contributed by atoms with van der Waals surface area (Å²) in [4.78, 5) is 2.27. The van der Waals surface area contributed by atoms with Crippen LogP contribution in [0.4, 0.5) is 4.39 Å². The minimum Gasteiger partial charge on any atom is -0.488 e. The van der Waals surface area contributed by atoms with Gasteiger partial charge in [0.2, 0.25) is 6.79 Å². The molecule has 114 valence electrons. The van der Waals surface area contributed by atoms with Gasteiger partial charge < -0.3 is 14.2 Å². The van der Waals surface area contributed by atoms with Crippen molar-refractivity contribution in [1.82, 2.24) is 4.90 Å². The van der Waals surface area contributed by atoms with E-state index in [9.17, 15) is 4.39 Å². The topological polar surface area (TPSA) is 30.9 Å². The first-order chi connectivity index (χ1) is 10.8. The summed E-state index contributed by atoms with van der Waals surface area (Å²) in [7, 11) is 0. The Morgan fingerprint density at radius 3 is 2.64 bits per heavy atom. The lowest BCUT2D eigenvalue weighted by Crippen LogP contribution is -2.53. The van der Waals surface area contributed by atoms with Gasteiger partial charge in [-0.05, 0) is 29.8 Å². The molecule has 0 radical (unpaired) electrons. The maximum atomic E-state index is 12.9. The van der Waals surface area contributed by atoms with Gasteiger partial charge in [0.05, 0.1) is 0 Å². The van der Waals surface area contributed by atoms with E-state index in [0.29, 0.717) is 0 Å². The van der Waals surface area contributed by atoms with E-state index in [1.54, 1.807) is 0 Å². The maximum Gasteiger partial charge on any atom is 0.231 e. The summed E-state index contributed by atoms with van der Waals surface area (Å²) < 4.78 is 29.4. The first-order valence-corrected chi connectivity index (χ1v) is 7.29. The van der Waals surface area contributed by atoms with Gasteiger partial charge in [0.25, 0.3) is 0 Å². The number of rotatable bonds is 4. The molecule has 0 aromatic heterocycles. The van der Waals surface area contributed by atoms with Gasteiger partial charge in [0, 0.05) is 25.7 Å². The molecule has 0 atom stereocenters. The van der Waals surface area contributed by atoms with Crippen LogP contribution >= 0.6 is 0 Å². The van der Waals surface area contributed by atoms with Crippen LogP contribution in [0.5, 0.6) is 17.2 Å². The van der Waals surface area contributed by atoms with Crippen LogP contribution in [0.3, 0.4) is 0 Å². The van der Waals surface area contributed by atoms with Crippen LogP contribution in [0.1, 0.15) is 5.56 Å². The van der Waals surface area contributed by atoms with Gasteiger partial charge in [0.15, 0.2) is 11.5 Å². The SMILES string of the molecule is Fc1ccc(CN2CC(Oc3ccc4c(c3)OCO4)C2)cc1. The Morgan fingerprint density at radius 2 is 1.82 bits per heavy atom. The number of benzene rings is 2. The van der Waals surface area contributed by atoms with Crippen molar-refractivity contribution in [3.63, 3.8) is 0 Å². The summed E-state index contributed by atoms with van der Waals surface area (Å²) in [5.41, 5.74) is 1.11. The van der Waals surface area contributed by atoms with Crippen LogP contribution in [0.2, 0.25) is 0 Å². The van der Waals surface area contributed by atoms with Crippen molar-refractivity contribution >= 4 is 0 Å². The molecule has 0 spiro atoms. The lowest BCUT2D eigenvalue weighted by Gasteiger charge is -2.39. The second-order valence-electron chi connectivity index (χ2n) is 5.58. The second-order valence-corrected chi connectivity index (χ2v) is 5.58. The minimum atomic E-state index is -0.198. The summed E-state index contributed by atoms with van der Waals surface area (Å²) in [5.74, 6) is 2.10. The molecule has 0 unspecified atom stereocenters. The fourth-order valence-corrected chi connectivity index (χ4v) is 2.72. The molecule has 0 amide bonds. The quantitative estimate of drug-likeness (QED) is 0.869. The largest absolute Gasteiger partial charge is 0.488 e. The first kappa shape index (κ1) is 13.4. The third-order valence-corrected chi connectivity index (χ3v) is 3.89. The van der Waals surface area contributed by atoms with Crippen molar-refractivity contribution in [2.75, 3.05) is 19.9 Å². The summed E-state index contributed by atoms with van der Waals surface area (Å²) in [6, 6.07) is 12.3. The third kappa shape index (κ3) is 2.72. The molecule has 2 aliphatic rings. The monoisotopic (exact) mass is 301 g/mol. The van der Waals surface area contributed by atoms with E-state index in [2.05, 4.69) is 4.90 Å². The molecule has 1 fully saturated rings. The molecular formula is C17H16FNO3. The van der Waals surface area contributed by atoms with Gasteiger partial charge in [-0.3, -0.25) is 4.90 Å². The minimum absolute atomic E-state index is 0.181. The van der Waals surface area contributed by atoms with Gasteiger partial charge in [-0.15, -0.1) is 0 Å². The molecule has 2 heterocycles. The Hall–Kier alpha value is -2.27. The molecular weight excluding hydrogens is 285 g/mol. The molecule has 0 saturated carbocycles. The van der Waals surface area contributed by atoms with Gasteiger partial charge in [-0.1, -0.05) is 12.1 Å². The number of halogens is 1. The summed E-state index contributed by atoms with van der Waals surface area (Å²) in [6.45, 7) is 2.83. The Bertz CT molecular complexity index is 668. The molecule has 2 aromatic rings. The van der Waals surface area contributed by atoms with Crippen LogP contribution in [0.15, 0.2) is 42.5 Å². The zero-order valence-corrected chi connectivity index (χ0v) is 12.0. The smallest absolute Gasteiger partial charge is 0.231 e. The Balaban J connectivity index is 1.29. The highest BCUT2D eigenvalue weighted by Gasteiger charge is 2.28. The van der Waals surface area contributed by atoms with Crippen LogP contribution in [-0.2, 0) is 6.54 Å². The number of hydrogen-bond donors (Lipinski definition) is 0. The van der Waals surface area contributed by atoms with Gasteiger partial charge in [-0.25, -0.2) is 4.39 Å². The predicted molar refractivity (Wildman–Crippen MR) is 78.7 cm³/mol. The zero-order valence-electron chi connectivity index (χ0n) is 12.0. The normalized spacial score (nSPS) is 17.3. The number of likely N-dealkylation sites (tertiary alicyclic amines) is 1. The van der Waals surface area contributed by atoms with Crippen molar-refractivity contribution in [1.29, 1.82) is 0 Å².